The summed E-state index contributed by atoms with van der Waals surface area (Å²) in [5.74, 6) is 0. The number of aromatic nitrogens is 5. The Morgan fingerprint density at radius 2 is 1.90 bits per heavy atom. The lowest BCUT2D eigenvalue weighted by Gasteiger charge is -2.03. The molecule has 0 fully saturated rings. The van der Waals surface area contributed by atoms with Crippen molar-refractivity contribution in [2.24, 2.45) is 7.05 Å². The summed E-state index contributed by atoms with van der Waals surface area (Å²) < 4.78 is 14.6. The van der Waals surface area contributed by atoms with Crippen molar-refractivity contribution in [2.75, 3.05) is 6.61 Å². The summed E-state index contributed by atoms with van der Waals surface area (Å²) in [4.78, 5) is 17.0. The Kier molecular flexibility index (Phi) is 4.39. The van der Waals surface area contributed by atoms with E-state index >= 15 is 0 Å². The molecule has 1 aromatic carbocycles. The van der Waals surface area contributed by atoms with Crippen molar-refractivity contribution in [3.63, 3.8) is 0 Å². The summed E-state index contributed by atoms with van der Waals surface area (Å²) >= 11 is 3.51. The van der Waals surface area contributed by atoms with Gasteiger partial charge in [-0.25, -0.2) is 14.4 Å². The van der Waals surface area contributed by atoms with Gasteiger partial charge in [-0.3, -0.25) is 4.57 Å². The molecule has 0 aliphatic heterocycles. The van der Waals surface area contributed by atoms with E-state index in [1.807, 2.05) is 48.1 Å². The Hall–Kier alpha value is -3.46. The summed E-state index contributed by atoms with van der Waals surface area (Å²) in [7, 11) is 1.93. The molecule has 0 saturated carbocycles. The van der Waals surface area contributed by atoms with Gasteiger partial charge in [0.25, 0.3) is 0 Å². The Morgan fingerprint density at radius 1 is 1.13 bits per heavy atom. The van der Waals surface area contributed by atoms with Crippen LogP contribution in [0.5, 0.6) is 0 Å². The summed E-state index contributed by atoms with van der Waals surface area (Å²) in [6.07, 6.45) is 4.95. The minimum atomic E-state index is -0.455. The van der Waals surface area contributed by atoms with Gasteiger partial charge < -0.3 is 9.30 Å². The maximum atomic E-state index is 12.5. The van der Waals surface area contributed by atoms with E-state index in [9.17, 15) is 4.79 Å². The Labute approximate surface area is 179 Å². The number of pyridine rings is 1. The van der Waals surface area contributed by atoms with Gasteiger partial charge in [-0.05, 0) is 47.6 Å². The molecule has 0 atom stereocenters. The van der Waals surface area contributed by atoms with Crippen LogP contribution in [0.3, 0.4) is 0 Å². The first-order valence-electron chi connectivity index (χ1n) is 9.29. The fourth-order valence-electron chi connectivity index (χ4n) is 3.68. The first-order valence-corrected chi connectivity index (χ1v) is 10.1. The average Bonchev–Trinajstić information content (AvgIpc) is 3.43. The molecular weight excluding hydrogens is 450 g/mol. The number of nitrogens with zero attached hydrogens (tertiary/aromatic N) is 5. The molecular formula is C21H16BrN5O3. The van der Waals surface area contributed by atoms with Crippen LogP contribution in [-0.2, 0) is 11.8 Å². The lowest BCUT2D eigenvalue weighted by atomic mass is 10.0. The van der Waals surface area contributed by atoms with Gasteiger partial charge in [0.2, 0.25) is 0 Å². The van der Waals surface area contributed by atoms with Gasteiger partial charge in [0.1, 0.15) is 17.0 Å². The van der Waals surface area contributed by atoms with E-state index in [1.165, 1.54) is 4.57 Å². The normalized spacial score (nSPS) is 11.4. The van der Waals surface area contributed by atoms with Gasteiger partial charge >= 0.3 is 6.09 Å². The summed E-state index contributed by atoms with van der Waals surface area (Å²) in [5.41, 5.74) is 4.23. The van der Waals surface area contributed by atoms with Crippen LogP contribution in [-0.4, -0.2) is 37.1 Å². The van der Waals surface area contributed by atoms with Crippen LogP contribution in [0.25, 0.3) is 44.5 Å². The van der Waals surface area contributed by atoms with Gasteiger partial charge in [0, 0.05) is 52.0 Å². The number of ether oxygens (including phenoxy) is 1. The van der Waals surface area contributed by atoms with Crippen LogP contribution in [0, 0.1) is 0 Å². The fourth-order valence-corrected chi connectivity index (χ4v) is 4.04. The maximum Gasteiger partial charge on any atom is 0.418 e. The van der Waals surface area contributed by atoms with Crippen molar-refractivity contribution < 1.29 is 14.2 Å². The molecule has 4 heterocycles. The van der Waals surface area contributed by atoms with E-state index in [1.54, 1.807) is 19.3 Å². The molecule has 5 rings (SSSR count). The first kappa shape index (κ1) is 18.6. The second-order valence-corrected chi connectivity index (χ2v) is 7.68. The van der Waals surface area contributed by atoms with Gasteiger partial charge in [-0.15, -0.1) is 0 Å². The SMILES string of the molecule is CCOC(=O)n1cc(-c2nonc2-c2cn(C)c3ncccc23)c2cc(Br)ccc21. The molecule has 0 N–H and O–H groups in total. The molecule has 8 nitrogen and oxygen atoms in total. The first-order chi connectivity index (χ1) is 14.6. The molecule has 9 heteroatoms. The quantitative estimate of drug-likeness (QED) is 0.372. The van der Waals surface area contributed by atoms with Crippen molar-refractivity contribution >= 4 is 44.0 Å². The predicted molar refractivity (Wildman–Crippen MR) is 115 cm³/mol. The van der Waals surface area contributed by atoms with E-state index in [4.69, 9.17) is 9.37 Å². The number of benzene rings is 1. The molecule has 4 aromatic heterocycles. The summed E-state index contributed by atoms with van der Waals surface area (Å²) in [5, 5.41) is 10.1. The lowest BCUT2D eigenvalue weighted by molar-refractivity contribution is 0.155. The van der Waals surface area contributed by atoms with Gasteiger partial charge in [-0.1, -0.05) is 15.9 Å². The molecule has 0 aliphatic rings. The molecule has 150 valence electrons. The number of carbonyl (C=O) groups is 1. The van der Waals surface area contributed by atoms with E-state index < -0.39 is 6.09 Å². The highest BCUT2D eigenvalue weighted by Crippen LogP contribution is 2.38. The third-order valence-electron chi connectivity index (χ3n) is 4.96. The molecule has 30 heavy (non-hydrogen) atoms. The van der Waals surface area contributed by atoms with Crippen molar-refractivity contribution in [2.45, 2.75) is 6.92 Å². The number of carbonyl (C=O) groups excluding carboxylic acids is 1. The molecule has 0 unspecified atom stereocenters. The van der Waals surface area contributed by atoms with Gasteiger partial charge in [0.15, 0.2) is 0 Å². The average molecular weight is 466 g/mol. The highest BCUT2D eigenvalue weighted by molar-refractivity contribution is 9.10. The molecule has 0 bridgehead atoms. The van der Waals surface area contributed by atoms with Crippen molar-refractivity contribution in [3.8, 4) is 22.5 Å². The Balaban J connectivity index is 1.76. The summed E-state index contributed by atoms with van der Waals surface area (Å²) in [6, 6.07) is 9.52. The van der Waals surface area contributed by atoms with Crippen molar-refractivity contribution in [1.82, 2.24) is 24.4 Å². The second-order valence-electron chi connectivity index (χ2n) is 6.76. The monoisotopic (exact) mass is 465 g/mol. The zero-order valence-electron chi connectivity index (χ0n) is 16.2. The van der Waals surface area contributed by atoms with Gasteiger partial charge in [0.05, 0.1) is 12.1 Å². The number of halogens is 1. The van der Waals surface area contributed by atoms with Gasteiger partial charge in [-0.2, -0.15) is 0 Å². The van der Waals surface area contributed by atoms with E-state index in [0.717, 1.165) is 32.0 Å². The summed E-state index contributed by atoms with van der Waals surface area (Å²) in [6.45, 7) is 2.05. The standard InChI is InChI=1S/C21H16BrN5O3/c1-3-29-21(28)27-11-16(14-9-12(22)6-7-17(14)27)19-18(24-30-25-19)15-10-26(2)20-13(15)5-4-8-23-20/h4-11H,3H2,1-2H3. The van der Waals surface area contributed by atoms with Crippen LogP contribution < -0.4 is 0 Å². The van der Waals surface area contributed by atoms with Crippen LogP contribution in [0.4, 0.5) is 4.79 Å². The molecule has 0 saturated heterocycles. The van der Waals surface area contributed by atoms with Crippen LogP contribution in [0.2, 0.25) is 0 Å². The number of aryl methyl sites for hydroxylation is 1. The van der Waals surface area contributed by atoms with Crippen molar-refractivity contribution in [1.29, 1.82) is 0 Å². The second kappa shape index (κ2) is 7.10. The van der Waals surface area contributed by atoms with Crippen LogP contribution >= 0.6 is 15.9 Å². The predicted octanol–water partition coefficient (Wildman–Crippen LogP) is 5.01. The molecule has 5 aromatic rings. The van der Waals surface area contributed by atoms with E-state index in [-0.39, 0.29) is 6.61 Å². The number of fused-ring (bicyclic) bond motifs is 2. The topological polar surface area (TPSA) is 88.0 Å². The minimum absolute atomic E-state index is 0.282. The smallest absolute Gasteiger partial charge is 0.418 e. The molecule has 0 aliphatic carbocycles. The van der Waals surface area contributed by atoms with Crippen LogP contribution in [0.1, 0.15) is 6.92 Å². The van der Waals surface area contributed by atoms with Crippen molar-refractivity contribution in [3.05, 3.63) is 53.4 Å². The Bertz CT molecular complexity index is 1420. The maximum absolute atomic E-state index is 12.5. The zero-order chi connectivity index (χ0) is 20.8. The third kappa shape index (κ3) is 2.81. The highest BCUT2D eigenvalue weighted by atomic mass is 79.9. The number of hydrogen-bond donors (Lipinski definition) is 0. The molecule has 0 spiro atoms. The van der Waals surface area contributed by atoms with E-state index in [2.05, 4.69) is 31.2 Å². The third-order valence-corrected chi connectivity index (χ3v) is 5.46. The molecule has 0 radical (unpaired) electrons. The number of rotatable bonds is 3. The largest absolute Gasteiger partial charge is 0.449 e. The molecule has 0 amide bonds. The highest BCUT2D eigenvalue weighted by Gasteiger charge is 2.24. The zero-order valence-corrected chi connectivity index (χ0v) is 17.8. The minimum Gasteiger partial charge on any atom is -0.449 e. The van der Waals surface area contributed by atoms with E-state index in [0.29, 0.717) is 16.9 Å². The van der Waals surface area contributed by atoms with Crippen LogP contribution in [0.15, 0.2) is 58.0 Å². The fraction of sp³-hybridized carbons (Fsp3) is 0.143. The lowest BCUT2D eigenvalue weighted by Crippen LogP contribution is -2.11. The Morgan fingerprint density at radius 3 is 2.67 bits per heavy atom. The number of hydrogen-bond acceptors (Lipinski definition) is 6.